The Kier molecular flexibility index (Phi) is 10.7. The summed E-state index contributed by atoms with van der Waals surface area (Å²) >= 11 is 0. The van der Waals surface area contributed by atoms with Gasteiger partial charge in [-0.15, -0.1) is 0 Å². The van der Waals surface area contributed by atoms with Crippen LogP contribution in [0.1, 0.15) is 116 Å². The molecule has 228 valence electrons. The monoisotopic (exact) mass is 584 g/mol. The Labute approximate surface area is 254 Å². The van der Waals surface area contributed by atoms with E-state index in [1.54, 1.807) is 24.5 Å². The molecule has 8 heteroatoms. The van der Waals surface area contributed by atoms with Gasteiger partial charge in [-0.1, -0.05) is 82.4 Å². The first kappa shape index (κ1) is 30.6. The Bertz CT molecular complexity index is 1370. The van der Waals surface area contributed by atoms with Crippen molar-refractivity contribution in [3.8, 4) is 11.5 Å². The van der Waals surface area contributed by atoms with Gasteiger partial charge in [0, 0.05) is 29.9 Å². The third-order valence-electron chi connectivity index (χ3n) is 9.20. The Balaban J connectivity index is 1.40. The van der Waals surface area contributed by atoms with Crippen molar-refractivity contribution >= 4 is 17.6 Å². The quantitative estimate of drug-likeness (QED) is 0.217. The number of carbonyl (C=O) groups is 3. The number of aryl methyl sites for hydroxylation is 1. The highest BCUT2D eigenvalue weighted by atomic mass is 16.4. The fourth-order valence-electron chi connectivity index (χ4n) is 6.75. The van der Waals surface area contributed by atoms with E-state index in [4.69, 9.17) is 15.1 Å². The minimum absolute atomic E-state index is 0.130. The van der Waals surface area contributed by atoms with E-state index in [0.717, 1.165) is 30.4 Å². The van der Waals surface area contributed by atoms with E-state index in [-0.39, 0.29) is 17.5 Å². The van der Waals surface area contributed by atoms with Crippen molar-refractivity contribution in [2.45, 2.75) is 102 Å². The van der Waals surface area contributed by atoms with Crippen LogP contribution in [-0.2, 0) is 17.6 Å². The Morgan fingerprint density at radius 1 is 0.907 bits per heavy atom. The summed E-state index contributed by atoms with van der Waals surface area (Å²) in [7, 11) is 0. The highest BCUT2D eigenvalue weighted by molar-refractivity contribution is 6.01. The van der Waals surface area contributed by atoms with Gasteiger partial charge in [0.2, 0.25) is 23.5 Å². The van der Waals surface area contributed by atoms with E-state index in [0.29, 0.717) is 54.7 Å². The van der Waals surface area contributed by atoms with Crippen LogP contribution in [0.3, 0.4) is 0 Å². The van der Waals surface area contributed by atoms with Crippen LogP contribution < -0.4 is 11.1 Å². The predicted molar refractivity (Wildman–Crippen MR) is 165 cm³/mol. The van der Waals surface area contributed by atoms with E-state index in [1.165, 1.54) is 51.4 Å². The molecule has 43 heavy (non-hydrogen) atoms. The number of primary amides is 1. The summed E-state index contributed by atoms with van der Waals surface area (Å²) < 4.78 is 6.22. The van der Waals surface area contributed by atoms with E-state index in [1.807, 2.05) is 24.3 Å². The van der Waals surface area contributed by atoms with Crippen molar-refractivity contribution in [1.82, 2.24) is 15.3 Å². The number of hydrogen-bond donors (Lipinski definition) is 2. The Morgan fingerprint density at radius 3 is 2.28 bits per heavy atom. The third kappa shape index (κ3) is 8.39. The summed E-state index contributed by atoms with van der Waals surface area (Å²) in [6.45, 7) is 0. The van der Waals surface area contributed by atoms with Crippen LogP contribution in [0.25, 0.3) is 11.5 Å². The molecular formula is C35H44N4O4. The summed E-state index contributed by atoms with van der Waals surface area (Å²) in [6.07, 6.45) is 17.8. The zero-order chi connectivity index (χ0) is 30.0. The number of benzene rings is 1. The number of pyridine rings is 1. The topological polar surface area (TPSA) is 128 Å². The standard InChI is InChI=1S/C35H44N4O4/c36-34(42)28-14-8-7-13-26(28)16-17-29(38-31(40)18-15-24-9-3-1-4-10-24)32(41)33-30(23-25-11-5-2-6-12-25)39-35(43-33)27-19-21-37-22-20-27/h7-8,13-14,19-22,24-25,29H,1-6,9-12,15-18,23H2,(H2,36,42)(H,38,40). The minimum atomic E-state index is -0.817. The van der Waals surface area contributed by atoms with Gasteiger partial charge in [0.1, 0.15) is 0 Å². The van der Waals surface area contributed by atoms with Gasteiger partial charge in [-0.05, 0) is 61.3 Å². The molecule has 0 aliphatic heterocycles. The van der Waals surface area contributed by atoms with Crippen molar-refractivity contribution in [2.75, 3.05) is 0 Å². The fraction of sp³-hybridized carbons (Fsp3) is 0.514. The van der Waals surface area contributed by atoms with Crippen molar-refractivity contribution in [2.24, 2.45) is 17.6 Å². The molecule has 0 saturated heterocycles. The maximum atomic E-state index is 14.3. The Morgan fingerprint density at radius 2 is 1.58 bits per heavy atom. The SMILES string of the molecule is NC(=O)c1ccccc1CCC(NC(=O)CCC1CCCCC1)C(=O)c1oc(-c2ccncc2)nc1CC1CCCCC1. The molecule has 2 aromatic heterocycles. The smallest absolute Gasteiger partial charge is 0.248 e. The third-order valence-corrected chi connectivity index (χ3v) is 9.20. The van der Waals surface area contributed by atoms with Gasteiger partial charge in [0.15, 0.2) is 5.76 Å². The van der Waals surface area contributed by atoms with Crippen LogP contribution in [-0.4, -0.2) is 33.6 Å². The maximum Gasteiger partial charge on any atom is 0.248 e. The molecule has 3 aromatic rings. The van der Waals surface area contributed by atoms with Gasteiger partial charge in [-0.3, -0.25) is 19.4 Å². The number of carbonyl (C=O) groups excluding carboxylic acids is 3. The minimum Gasteiger partial charge on any atom is -0.433 e. The molecule has 0 radical (unpaired) electrons. The molecule has 2 fully saturated rings. The molecule has 2 amide bonds. The number of Topliss-reactive ketones (excluding diaryl/α,β-unsaturated/α-hetero) is 1. The fourth-order valence-corrected chi connectivity index (χ4v) is 6.75. The average molecular weight is 585 g/mol. The number of rotatable bonds is 13. The molecule has 2 aliphatic rings. The lowest BCUT2D eigenvalue weighted by Gasteiger charge is -2.23. The highest BCUT2D eigenvalue weighted by Crippen LogP contribution is 2.31. The van der Waals surface area contributed by atoms with Crippen LogP contribution in [0.15, 0.2) is 53.2 Å². The molecule has 1 aromatic carbocycles. The summed E-state index contributed by atoms with van der Waals surface area (Å²) in [5.74, 6) is 0.700. The van der Waals surface area contributed by atoms with Crippen molar-refractivity contribution in [3.05, 3.63) is 71.4 Å². The molecule has 8 nitrogen and oxygen atoms in total. The average Bonchev–Trinajstić information content (AvgIpc) is 3.46. The van der Waals surface area contributed by atoms with Gasteiger partial charge in [0.05, 0.1) is 11.7 Å². The first-order valence-corrected chi connectivity index (χ1v) is 16.1. The zero-order valence-corrected chi connectivity index (χ0v) is 25.1. The van der Waals surface area contributed by atoms with E-state index in [2.05, 4.69) is 10.3 Å². The number of nitrogens with two attached hydrogens (primary N) is 1. The molecular weight excluding hydrogens is 540 g/mol. The highest BCUT2D eigenvalue weighted by Gasteiger charge is 2.31. The van der Waals surface area contributed by atoms with E-state index < -0.39 is 11.9 Å². The lowest BCUT2D eigenvalue weighted by atomic mass is 9.85. The Hall–Kier alpha value is -3.81. The van der Waals surface area contributed by atoms with Crippen LogP contribution in [0.4, 0.5) is 0 Å². The number of aromatic nitrogens is 2. The van der Waals surface area contributed by atoms with E-state index >= 15 is 0 Å². The number of nitrogens with one attached hydrogen (secondary N) is 1. The molecule has 0 bridgehead atoms. The van der Waals surface area contributed by atoms with Crippen molar-refractivity contribution < 1.29 is 18.8 Å². The molecule has 0 spiro atoms. The van der Waals surface area contributed by atoms with Crippen LogP contribution in [0, 0.1) is 11.8 Å². The van der Waals surface area contributed by atoms with Crippen molar-refractivity contribution in [1.29, 1.82) is 0 Å². The normalized spacial score (nSPS) is 16.9. The second-order valence-corrected chi connectivity index (χ2v) is 12.3. The van der Waals surface area contributed by atoms with Crippen LogP contribution in [0.2, 0.25) is 0 Å². The number of ketones is 1. The number of oxazole rings is 1. The molecule has 1 unspecified atom stereocenters. The molecule has 2 heterocycles. The van der Waals surface area contributed by atoms with E-state index in [9.17, 15) is 14.4 Å². The van der Waals surface area contributed by atoms with Crippen LogP contribution in [0.5, 0.6) is 0 Å². The maximum absolute atomic E-state index is 14.3. The van der Waals surface area contributed by atoms with Gasteiger partial charge >= 0.3 is 0 Å². The zero-order valence-electron chi connectivity index (χ0n) is 25.1. The van der Waals surface area contributed by atoms with Crippen molar-refractivity contribution in [3.63, 3.8) is 0 Å². The largest absolute Gasteiger partial charge is 0.433 e. The second kappa shape index (κ2) is 15.1. The van der Waals surface area contributed by atoms with Gasteiger partial charge in [-0.2, -0.15) is 0 Å². The summed E-state index contributed by atoms with van der Waals surface area (Å²) in [6, 6.07) is 9.97. The summed E-state index contributed by atoms with van der Waals surface area (Å²) in [5.41, 5.74) is 8.21. The first-order chi connectivity index (χ1) is 21.0. The first-order valence-electron chi connectivity index (χ1n) is 16.1. The molecule has 1 atom stereocenters. The molecule has 5 rings (SSSR count). The molecule has 3 N–H and O–H groups in total. The molecule has 2 aliphatic carbocycles. The number of nitrogens with zero attached hydrogens (tertiary/aromatic N) is 2. The predicted octanol–water partition coefficient (Wildman–Crippen LogP) is 6.62. The number of hydrogen-bond acceptors (Lipinski definition) is 6. The summed E-state index contributed by atoms with van der Waals surface area (Å²) in [4.78, 5) is 48.5. The lowest BCUT2D eigenvalue weighted by molar-refractivity contribution is -0.122. The molecule has 2 saturated carbocycles. The number of amides is 2. The van der Waals surface area contributed by atoms with Crippen LogP contribution >= 0.6 is 0 Å². The van der Waals surface area contributed by atoms with Gasteiger partial charge < -0.3 is 15.5 Å². The summed E-state index contributed by atoms with van der Waals surface area (Å²) in [5, 5.41) is 3.05. The lowest BCUT2D eigenvalue weighted by Crippen LogP contribution is -2.41. The second-order valence-electron chi connectivity index (χ2n) is 12.3. The van der Waals surface area contributed by atoms with Gasteiger partial charge in [0.25, 0.3) is 0 Å². The van der Waals surface area contributed by atoms with Gasteiger partial charge in [-0.25, -0.2) is 4.98 Å².